The molecule has 82 valence electrons. The quantitative estimate of drug-likeness (QED) is 0.791. The molecule has 0 spiro atoms. The van der Waals surface area contributed by atoms with Crippen molar-refractivity contribution in [2.24, 2.45) is 0 Å². The van der Waals surface area contributed by atoms with Crippen LogP contribution in [0.15, 0.2) is 24.3 Å². The number of hydrogen-bond acceptors (Lipinski definition) is 2. The van der Waals surface area contributed by atoms with Crippen molar-refractivity contribution in [2.75, 3.05) is 19.0 Å². The van der Waals surface area contributed by atoms with E-state index in [0.717, 1.165) is 10.6 Å². The van der Waals surface area contributed by atoms with Crippen molar-refractivity contribution in [2.45, 2.75) is 19.9 Å². The molecule has 2 nitrogen and oxygen atoms in total. The maximum Gasteiger partial charge on any atom is 0.106 e. The molecule has 0 radical (unpaired) electrons. The maximum absolute atomic E-state index is 5.28. The van der Waals surface area contributed by atoms with Gasteiger partial charge in [-0.2, -0.15) is 0 Å². The van der Waals surface area contributed by atoms with Crippen molar-refractivity contribution in [1.82, 2.24) is 5.32 Å². The Morgan fingerprint density at radius 3 is 2.13 bits per heavy atom. The third-order valence-corrected chi connectivity index (χ3v) is 2.42. The first kappa shape index (κ1) is 12.0. The molecule has 1 N–H and O–H groups in total. The molecule has 0 heterocycles. The molecule has 15 heavy (non-hydrogen) atoms. The Morgan fingerprint density at radius 1 is 1.20 bits per heavy atom. The summed E-state index contributed by atoms with van der Waals surface area (Å²) in [6.07, 6.45) is 0. The van der Waals surface area contributed by atoms with Crippen LogP contribution in [0, 0.1) is 0 Å². The highest BCUT2D eigenvalue weighted by molar-refractivity contribution is 7.80. The highest BCUT2D eigenvalue weighted by atomic mass is 32.1. The summed E-state index contributed by atoms with van der Waals surface area (Å²) >= 11 is 5.28. The number of nitrogens with zero attached hydrogens (tertiary/aromatic N) is 1. The number of nitrogens with one attached hydrogen (secondary N) is 1. The van der Waals surface area contributed by atoms with Gasteiger partial charge in [-0.15, -0.1) is 0 Å². The first-order chi connectivity index (χ1) is 7.00. The molecule has 0 saturated carbocycles. The SMILES string of the molecule is CC(C)NC(=S)c1ccc(N(C)C)cc1. The fraction of sp³-hybridized carbons (Fsp3) is 0.417. The van der Waals surface area contributed by atoms with Gasteiger partial charge in [-0.1, -0.05) is 12.2 Å². The number of rotatable bonds is 3. The van der Waals surface area contributed by atoms with Crippen LogP contribution in [-0.4, -0.2) is 25.1 Å². The second-order valence-electron chi connectivity index (χ2n) is 4.07. The van der Waals surface area contributed by atoms with Crippen LogP contribution in [0.25, 0.3) is 0 Å². The van der Waals surface area contributed by atoms with Crippen LogP contribution in [0.4, 0.5) is 5.69 Å². The van der Waals surface area contributed by atoms with Gasteiger partial charge in [0.2, 0.25) is 0 Å². The number of thiocarbonyl (C=S) groups is 1. The van der Waals surface area contributed by atoms with Crippen LogP contribution in [-0.2, 0) is 0 Å². The van der Waals surface area contributed by atoms with E-state index in [1.165, 1.54) is 5.69 Å². The van der Waals surface area contributed by atoms with Gasteiger partial charge in [0.05, 0.1) is 0 Å². The zero-order valence-corrected chi connectivity index (χ0v) is 10.6. The minimum Gasteiger partial charge on any atom is -0.378 e. The van der Waals surface area contributed by atoms with Crippen molar-refractivity contribution >= 4 is 22.9 Å². The van der Waals surface area contributed by atoms with E-state index in [0.29, 0.717) is 6.04 Å². The van der Waals surface area contributed by atoms with Crippen molar-refractivity contribution in [1.29, 1.82) is 0 Å². The van der Waals surface area contributed by atoms with Gasteiger partial charge in [0.25, 0.3) is 0 Å². The molecule has 0 aliphatic heterocycles. The minimum atomic E-state index is 0.381. The lowest BCUT2D eigenvalue weighted by Gasteiger charge is -2.14. The van der Waals surface area contributed by atoms with Gasteiger partial charge in [-0.25, -0.2) is 0 Å². The number of anilines is 1. The average molecular weight is 222 g/mol. The fourth-order valence-corrected chi connectivity index (χ4v) is 1.63. The standard InChI is InChI=1S/C12H18N2S/c1-9(2)13-12(15)10-5-7-11(8-6-10)14(3)4/h5-9H,1-4H3,(H,13,15). The molecule has 0 amide bonds. The molecule has 0 atom stereocenters. The third kappa shape index (κ3) is 3.51. The van der Waals surface area contributed by atoms with Gasteiger partial charge in [-0.05, 0) is 38.1 Å². The van der Waals surface area contributed by atoms with Crippen LogP contribution in [0.3, 0.4) is 0 Å². The predicted molar refractivity (Wildman–Crippen MR) is 70.7 cm³/mol. The summed E-state index contributed by atoms with van der Waals surface area (Å²) in [6.45, 7) is 4.17. The molecule has 0 fully saturated rings. The minimum absolute atomic E-state index is 0.381. The zero-order chi connectivity index (χ0) is 11.4. The smallest absolute Gasteiger partial charge is 0.106 e. The van der Waals surface area contributed by atoms with Crippen LogP contribution in [0.5, 0.6) is 0 Å². The zero-order valence-electron chi connectivity index (χ0n) is 9.74. The average Bonchev–Trinajstić information content (AvgIpc) is 2.17. The van der Waals surface area contributed by atoms with Crippen LogP contribution < -0.4 is 10.2 Å². The highest BCUT2D eigenvalue weighted by Gasteiger charge is 2.02. The van der Waals surface area contributed by atoms with Gasteiger partial charge in [0.15, 0.2) is 0 Å². The Hall–Kier alpha value is -1.09. The molecule has 0 bridgehead atoms. The van der Waals surface area contributed by atoms with Crippen molar-refractivity contribution in [3.63, 3.8) is 0 Å². The summed E-state index contributed by atoms with van der Waals surface area (Å²) < 4.78 is 0. The Morgan fingerprint density at radius 2 is 1.73 bits per heavy atom. The van der Waals surface area contributed by atoms with Crippen molar-refractivity contribution in [3.05, 3.63) is 29.8 Å². The fourth-order valence-electron chi connectivity index (χ4n) is 1.26. The molecule has 0 aromatic heterocycles. The van der Waals surface area contributed by atoms with Crippen molar-refractivity contribution in [3.8, 4) is 0 Å². The molecular formula is C12H18N2S. The lowest BCUT2D eigenvalue weighted by molar-refractivity contribution is 0.740. The van der Waals surface area contributed by atoms with E-state index >= 15 is 0 Å². The summed E-state index contributed by atoms with van der Waals surface area (Å²) in [4.78, 5) is 2.89. The summed E-state index contributed by atoms with van der Waals surface area (Å²) in [5.74, 6) is 0. The summed E-state index contributed by atoms with van der Waals surface area (Å²) in [5, 5.41) is 3.23. The molecule has 1 rings (SSSR count). The number of benzene rings is 1. The molecule has 0 unspecified atom stereocenters. The molecular weight excluding hydrogens is 204 g/mol. The molecule has 0 aliphatic rings. The van der Waals surface area contributed by atoms with Crippen molar-refractivity contribution < 1.29 is 0 Å². The monoisotopic (exact) mass is 222 g/mol. The van der Waals surface area contributed by atoms with Crippen LogP contribution in [0.1, 0.15) is 19.4 Å². The van der Waals surface area contributed by atoms with Gasteiger partial charge in [-0.3, -0.25) is 0 Å². The van der Waals surface area contributed by atoms with E-state index in [9.17, 15) is 0 Å². The van der Waals surface area contributed by atoms with E-state index in [1.54, 1.807) is 0 Å². The summed E-state index contributed by atoms with van der Waals surface area (Å²) in [6, 6.07) is 8.62. The van der Waals surface area contributed by atoms with E-state index < -0.39 is 0 Å². The van der Waals surface area contributed by atoms with Gasteiger partial charge in [0, 0.05) is 31.4 Å². The van der Waals surface area contributed by atoms with E-state index in [2.05, 4.69) is 36.2 Å². The molecule has 1 aromatic rings. The first-order valence-electron chi connectivity index (χ1n) is 5.09. The second kappa shape index (κ2) is 5.12. The lowest BCUT2D eigenvalue weighted by atomic mass is 10.2. The topological polar surface area (TPSA) is 15.3 Å². The van der Waals surface area contributed by atoms with Gasteiger partial charge in [0.1, 0.15) is 4.99 Å². The Balaban J connectivity index is 2.75. The van der Waals surface area contributed by atoms with Crippen LogP contribution in [0.2, 0.25) is 0 Å². The van der Waals surface area contributed by atoms with Crippen LogP contribution >= 0.6 is 12.2 Å². The Labute approximate surface area is 97.3 Å². The first-order valence-corrected chi connectivity index (χ1v) is 5.50. The Bertz CT molecular complexity index is 328. The summed E-state index contributed by atoms with van der Waals surface area (Å²) in [7, 11) is 4.05. The molecule has 3 heteroatoms. The molecule has 0 aliphatic carbocycles. The maximum atomic E-state index is 5.28. The molecule has 1 aromatic carbocycles. The van der Waals surface area contributed by atoms with Gasteiger partial charge < -0.3 is 10.2 Å². The highest BCUT2D eigenvalue weighted by Crippen LogP contribution is 2.12. The third-order valence-electron chi connectivity index (χ3n) is 2.07. The number of hydrogen-bond donors (Lipinski definition) is 1. The lowest BCUT2D eigenvalue weighted by Crippen LogP contribution is -2.29. The largest absolute Gasteiger partial charge is 0.378 e. The Kier molecular flexibility index (Phi) is 4.09. The van der Waals surface area contributed by atoms with Gasteiger partial charge >= 0.3 is 0 Å². The second-order valence-corrected chi connectivity index (χ2v) is 4.48. The normalized spacial score (nSPS) is 10.2. The molecule has 0 saturated heterocycles. The van der Waals surface area contributed by atoms with E-state index in [1.807, 2.05) is 26.2 Å². The van der Waals surface area contributed by atoms with E-state index in [4.69, 9.17) is 12.2 Å². The predicted octanol–water partition coefficient (Wildman–Crippen LogP) is 2.43. The van der Waals surface area contributed by atoms with E-state index in [-0.39, 0.29) is 0 Å². The summed E-state index contributed by atoms with van der Waals surface area (Å²) in [5.41, 5.74) is 2.26.